The quantitative estimate of drug-likeness (QED) is 0.522. The van der Waals surface area contributed by atoms with Gasteiger partial charge in [0.1, 0.15) is 11.6 Å². The van der Waals surface area contributed by atoms with Crippen molar-refractivity contribution in [3.8, 4) is 0 Å². The highest BCUT2D eigenvalue weighted by Gasteiger charge is 2.25. The summed E-state index contributed by atoms with van der Waals surface area (Å²) in [5.74, 6) is -3.01. The van der Waals surface area contributed by atoms with Gasteiger partial charge in [0.2, 0.25) is 0 Å². The topological polar surface area (TPSA) is 34.1 Å². The Morgan fingerprint density at radius 3 is 3.40 bits per heavy atom. The first-order valence-corrected chi connectivity index (χ1v) is 3.17. The summed E-state index contributed by atoms with van der Waals surface area (Å²) in [4.78, 5) is 22.8. The van der Waals surface area contributed by atoms with Gasteiger partial charge in [-0.1, -0.05) is 6.42 Å². The summed E-state index contributed by atoms with van der Waals surface area (Å²) in [7, 11) is 0. The highest BCUT2D eigenvalue weighted by Crippen LogP contribution is 2.20. The minimum Gasteiger partial charge on any atom is -0.299 e. The van der Waals surface area contributed by atoms with Crippen LogP contribution in [0.15, 0.2) is 0 Å². The second kappa shape index (κ2) is 2.95. The number of hydrogen-bond donors (Lipinski definition) is 0. The predicted molar refractivity (Wildman–Crippen MR) is 37.6 cm³/mol. The first-order chi connectivity index (χ1) is 6.75. The third kappa shape index (κ3) is 1.43. The van der Waals surface area contributed by atoms with Crippen LogP contribution in [-0.4, -0.2) is 11.6 Å². The molecule has 56 valence electrons. The van der Waals surface area contributed by atoms with Crippen molar-refractivity contribution in [2.24, 2.45) is 5.92 Å². The molecule has 1 rings (SSSR count). The van der Waals surface area contributed by atoms with Gasteiger partial charge in [0, 0.05) is 13.3 Å². The van der Waals surface area contributed by atoms with E-state index >= 15 is 0 Å². The molecular formula is C8H12O2. The number of Topliss-reactive ketones (excluding diaryl/α,β-unsaturated/α-hetero) is 2. The summed E-state index contributed by atoms with van der Waals surface area (Å²) in [6.45, 7) is -2.78. The van der Waals surface area contributed by atoms with Crippen LogP contribution in [0.1, 0.15) is 39.3 Å². The van der Waals surface area contributed by atoms with E-state index in [1.165, 1.54) is 0 Å². The molecule has 1 saturated carbocycles. The standard InChI is InChI=1S/C8H12O2/c1-6(9)7-4-2-3-5-8(7)10/h7H,2-5H2,1H3/i1D3,3D,5D. The van der Waals surface area contributed by atoms with E-state index in [1.54, 1.807) is 0 Å². The van der Waals surface area contributed by atoms with Crippen molar-refractivity contribution in [2.45, 2.75) is 32.5 Å². The van der Waals surface area contributed by atoms with Crippen LogP contribution in [0.2, 0.25) is 0 Å². The smallest absolute Gasteiger partial charge is 0.143 e. The molecule has 3 atom stereocenters. The fourth-order valence-corrected chi connectivity index (χ4v) is 0.981. The van der Waals surface area contributed by atoms with Gasteiger partial charge < -0.3 is 0 Å². The van der Waals surface area contributed by atoms with Gasteiger partial charge in [-0.05, 0) is 19.7 Å². The van der Waals surface area contributed by atoms with E-state index in [4.69, 9.17) is 6.85 Å². The molecule has 2 heteroatoms. The lowest BCUT2D eigenvalue weighted by molar-refractivity contribution is -0.133. The second-order valence-electron chi connectivity index (χ2n) is 2.30. The fraction of sp³-hybridized carbons (Fsp3) is 0.750. The zero-order valence-electron chi connectivity index (χ0n) is 10.5. The normalized spacial score (nSPS) is 49.8. The lowest BCUT2D eigenvalue weighted by Gasteiger charge is -2.16. The van der Waals surface area contributed by atoms with Crippen molar-refractivity contribution >= 4 is 11.6 Å². The molecule has 0 heterocycles. The third-order valence-corrected chi connectivity index (χ3v) is 1.56. The van der Waals surface area contributed by atoms with Crippen LogP contribution in [0.4, 0.5) is 0 Å². The van der Waals surface area contributed by atoms with E-state index < -0.39 is 37.1 Å². The highest BCUT2D eigenvalue weighted by molar-refractivity contribution is 6.01. The molecule has 0 N–H and O–H groups in total. The molecular weight excluding hydrogens is 128 g/mol. The van der Waals surface area contributed by atoms with Gasteiger partial charge in [-0.2, -0.15) is 0 Å². The van der Waals surface area contributed by atoms with E-state index in [1.807, 2.05) is 0 Å². The van der Waals surface area contributed by atoms with Crippen LogP contribution in [0.3, 0.4) is 0 Å². The SMILES string of the molecule is [2H]C1CCC(C(=O)C([2H])([2H])[2H])C(=O)C1[2H]. The Balaban J connectivity index is 2.81. The monoisotopic (exact) mass is 145 g/mol. The highest BCUT2D eigenvalue weighted by atomic mass is 16.1. The Morgan fingerprint density at radius 2 is 2.70 bits per heavy atom. The van der Waals surface area contributed by atoms with Crippen molar-refractivity contribution in [3.05, 3.63) is 0 Å². The van der Waals surface area contributed by atoms with Gasteiger partial charge in [-0.25, -0.2) is 0 Å². The lowest BCUT2D eigenvalue weighted by atomic mass is 9.86. The zero-order valence-corrected chi connectivity index (χ0v) is 5.46. The van der Waals surface area contributed by atoms with Gasteiger partial charge >= 0.3 is 0 Å². The number of hydrogen-bond acceptors (Lipinski definition) is 2. The average Bonchev–Trinajstić information content (AvgIpc) is 2.12. The van der Waals surface area contributed by atoms with Crippen LogP contribution in [0.25, 0.3) is 0 Å². The Labute approximate surface area is 67.6 Å². The molecule has 0 saturated heterocycles. The summed E-state index contributed by atoms with van der Waals surface area (Å²) < 4.78 is 35.4. The van der Waals surface area contributed by atoms with Crippen LogP contribution >= 0.6 is 0 Å². The molecule has 0 aromatic heterocycles. The molecule has 0 bridgehead atoms. The first kappa shape index (κ1) is 3.16. The molecule has 0 spiro atoms. The Bertz CT molecular complexity index is 285. The maximum absolute atomic E-state index is 11.4. The molecule has 2 nitrogen and oxygen atoms in total. The lowest BCUT2D eigenvalue weighted by Crippen LogP contribution is -2.24. The minimum atomic E-state index is -2.78. The first-order valence-electron chi connectivity index (χ1n) is 5.83. The summed E-state index contributed by atoms with van der Waals surface area (Å²) in [5.41, 5.74) is 0. The molecule has 1 aliphatic rings. The molecule has 0 aromatic rings. The molecule has 1 aliphatic carbocycles. The molecule has 1 fully saturated rings. The van der Waals surface area contributed by atoms with Gasteiger partial charge in [-0.3, -0.25) is 9.59 Å². The average molecular weight is 145 g/mol. The van der Waals surface area contributed by atoms with Crippen LogP contribution < -0.4 is 0 Å². The van der Waals surface area contributed by atoms with Crippen LogP contribution in [0.5, 0.6) is 0 Å². The largest absolute Gasteiger partial charge is 0.299 e. The summed E-state index contributed by atoms with van der Waals surface area (Å²) in [5, 5.41) is 0. The number of carbonyl (C=O) groups is 2. The van der Waals surface area contributed by atoms with E-state index in [2.05, 4.69) is 0 Å². The van der Waals surface area contributed by atoms with E-state index in [0.717, 1.165) is 0 Å². The molecule has 0 aliphatic heterocycles. The van der Waals surface area contributed by atoms with Crippen LogP contribution in [0, 0.1) is 5.92 Å². The summed E-state index contributed by atoms with van der Waals surface area (Å²) in [6.07, 6.45) is -1.81. The van der Waals surface area contributed by atoms with Crippen molar-refractivity contribution in [1.82, 2.24) is 0 Å². The Hall–Kier alpha value is -0.660. The number of carbonyl (C=O) groups excluding carboxylic acids is 2. The Kier molecular flexibility index (Phi) is 0.932. The van der Waals surface area contributed by atoms with Gasteiger partial charge in [0.15, 0.2) is 0 Å². The second-order valence-corrected chi connectivity index (χ2v) is 2.30. The third-order valence-electron chi connectivity index (χ3n) is 1.56. The van der Waals surface area contributed by atoms with E-state index in [0.29, 0.717) is 0 Å². The minimum absolute atomic E-state index is 0.0829. The molecule has 10 heavy (non-hydrogen) atoms. The summed E-state index contributed by atoms with van der Waals surface area (Å²) in [6, 6.07) is 0. The van der Waals surface area contributed by atoms with E-state index in [-0.39, 0.29) is 12.8 Å². The van der Waals surface area contributed by atoms with Crippen LogP contribution in [-0.2, 0) is 9.59 Å². The maximum Gasteiger partial charge on any atom is 0.143 e. The number of rotatable bonds is 1. The van der Waals surface area contributed by atoms with Crippen molar-refractivity contribution in [3.63, 3.8) is 0 Å². The van der Waals surface area contributed by atoms with Gasteiger partial charge in [0.05, 0.1) is 5.92 Å². The van der Waals surface area contributed by atoms with Crippen molar-refractivity contribution < 1.29 is 16.4 Å². The van der Waals surface area contributed by atoms with Gasteiger partial charge in [0.25, 0.3) is 0 Å². The fourth-order valence-electron chi connectivity index (χ4n) is 0.981. The van der Waals surface area contributed by atoms with Crippen molar-refractivity contribution in [2.75, 3.05) is 0 Å². The summed E-state index contributed by atoms with van der Waals surface area (Å²) >= 11 is 0. The zero-order chi connectivity index (χ0) is 11.8. The predicted octanol–water partition coefficient (Wildman–Crippen LogP) is 1.33. The molecule has 0 aromatic carbocycles. The van der Waals surface area contributed by atoms with E-state index in [9.17, 15) is 9.59 Å². The Morgan fingerprint density at radius 1 is 1.90 bits per heavy atom. The molecule has 0 radical (unpaired) electrons. The van der Waals surface area contributed by atoms with Crippen molar-refractivity contribution in [1.29, 1.82) is 0 Å². The van der Waals surface area contributed by atoms with Gasteiger partial charge in [-0.15, -0.1) is 0 Å². The maximum atomic E-state index is 11.4. The molecule has 0 amide bonds. The molecule has 3 unspecified atom stereocenters. The number of ketones is 2.